The molecule has 0 radical (unpaired) electrons. The largest absolute Gasteiger partial charge is 0.336 e. The van der Waals surface area contributed by atoms with Crippen molar-refractivity contribution in [1.82, 2.24) is 9.21 Å². The Labute approximate surface area is 142 Å². The van der Waals surface area contributed by atoms with Crippen LogP contribution in [0.4, 0.5) is 0 Å². The van der Waals surface area contributed by atoms with Gasteiger partial charge in [-0.25, -0.2) is 8.42 Å². The number of hydrogen-bond acceptors (Lipinski definition) is 3. The van der Waals surface area contributed by atoms with Crippen molar-refractivity contribution in [3.63, 3.8) is 0 Å². The van der Waals surface area contributed by atoms with Crippen LogP contribution in [0.25, 0.3) is 0 Å². The standard InChI is InChI=1S/C18H20N2O3S/c21-18(17-9-5-2-6-10-17)19-11-13-20(14-12-19)24(22,23)15-16-7-3-1-4-8-16/h1-10H,11-15H2. The molecular formula is C18H20N2O3S. The predicted molar refractivity (Wildman–Crippen MR) is 93.0 cm³/mol. The maximum atomic E-state index is 12.5. The number of rotatable bonds is 4. The number of carbonyl (C=O) groups excluding carboxylic acids is 1. The fourth-order valence-electron chi connectivity index (χ4n) is 2.81. The number of carbonyl (C=O) groups is 1. The highest BCUT2D eigenvalue weighted by atomic mass is 32.2. The van der Waals surface area contributed by atoms with E-state index in [-0.39, 0.29) is 11.7 Å². The van der Waals surface area contributed by atoms with Crippen LogP contribution in [0.2, 0.25) is 0 Å². The second kappa shape index (κ2) is 7.15. The summed E-state index contributed by atoms with van der Waals surface area (Å²) in [5.74, 6) is -0.0452. The van der Waals surface area contributed by atoms with Gasteiger partial charge in [0.25, 0.3) is 5.91 Å². The molecule has 3 rings (SSSR count). The molecule has 1 heterocycles. The first kappa shape index (κ1) is 16.7. The lowest BCUT2D eigenvalue weighted by atomic mass is 10.2. The van der Waals surface area contributed by atoms with Gasteiger partial charge in [-0.1, -0.05) is 48.5 Å². The average Bonchev–Trinajstić information content (AvgIpc) is 2.62. The van der Waals surface area contributed by atoms with Gasteiger partial charge in [0.2, 0.25) is 10.0 Å². The lowest BCUT2D eigenvalue weighted by Crippen LogP contribution is -2.50. The van der Waals surface area contributed by atoms with Crippen molar-refractivity contribution < 1.29 is 13.2 Å². The first-order chi connectivity index (χ1) is 11.6. The normalized spacial score (nSPS) is 16.1. The van der Waals surface area contributed by atoms with Crippen molar-refractivity contribution in [1.29, 1.82) is 0 Å². The summed E-state index contributed by atoms with van der Waals surface area (Å²) in [6.45, 7) is 1.52. The third kappa shape index (κ3) is 3.83. The van der Waals surface area contributed by atoms with Crippen molar-refractivity contribution in [2.24, 2.45) is 0 Å². The van der Waals surface area contributed by atoms with E-state index in [0.29, 0.717) is 31.7 Å². The van der Waals surface area contributed by atoms with Gasteiger partial charge in [-0.3, -0.25) is 4.79 Å². The Balaban J connectivity index is 1.61. The molecule has 1 fully saturated rings. The molecule has 24 heavy (non-hydrogen) atoms. The molecule has 0 aliphatic carbocycles. The molecule has 2 aromatic rings. The summed E-state index contributed by atoms with van der Waals surface area (Å²) in [6.07, 6.45) is 0. The zero-order valence-corrected chi connectivity index (χ0v) is 14.2. The molecule has 1 amide bonds. The summed E-state index contributed by atoms with van der Waals surface area (Å²) in [4.78, 5) is 14.1. The highest BCUT2D eigenvalue weighted by molar-refractivity contribution is 7.88. The first-order valence-electron chi connectivity index (χ1n) is 7.92. The highest BCUT2D eigenvalue weighted by Crippen LogP contribution is 2.15. The smallest absolute Gasteiger partial charge is 0.253 e. The summed E-state index contributed by atoms with van der Waals surface area (Å²) >= 11 is 0. The molecule has 0 atom stereocenters. The minimum Gasteiger partial charge on any atom is -0.336 e. The van der Waals surface area contributed by atoms with Gasteiger partial charge in [-0.05, 0) is 17.7 Å². The number of hydrogen-bond donors (Lipinski definition) is 0. The Hall–Kier alpha value is -2.18. The molecule has 0 aromatic heterocycles. The second-order valence-electron chi connectivity index (χ2n) is 5.80. The maximum absolute atomic E-state index is 12.5. The minimum absolute atomic E-state index is 0.000468. The molecule has 6 heteroatoms. The van der Waals surface area contributed by atoms with E-state index < -0.39 is 10.0 Å². The lowest BCUT2D eigenvalue weighted by Gasteiger charge is -2.34. The third-order valence-electron chi connectivity index (χ3n) is 4.13. The fourth-order valence-corrected chi connectivity index (χ4v) is 4.32. The SMILES string of the molecule is O=C(c1ccccc1)N1CCN(S(=O)(=O)Cc2ccccc2)CC1. The molecule has 1 saturated heterocycles. The number of benzene rings is 2. The summed E-state index contributed by atoms with van der Waals surface area (Å²) in [6, 6.07) is 18.2. The molecule has 126 valence electrons. The Morgan fingerprint density at radius 1 is 0.833 bits per heavy atom. The molecule has 0 N–H and O–H groups in total. The zero-order valence-electron chi connectivity index (χ0n) is 13.3. The first-order valence-corrected chi connectivity index (χ1v) is 9.53. The van der Waals surface area contributed by atoms with Gasteiger partial charge in [0.1, 0.15) is 0 Å². The van der Waals surface area contributed by atoms with Crippen LogP contribution in [0.15, 0.2) is 60.7 Å². The molecule has 0 unspecified atom stereocenters. The average molecular weight is 344 g/mol. The van der Waals surface area contributed by atoms with Gasteiger partial charge in [0.05, 0.1) is 5.75 Å². The predicted octanol–water partition coefficient (Wildman–Crippen LogP) is 1.97. The van der Waals surface area contributed by atoms with E-state index in [1.54, 1.807) is 17.0 Å². The van der Waals surface area contributed by atoms with Crippen molar-refractivity contribution >= 4 is 15.9 Å². The molecular weight excluding hydrogens is 324 g/mol. The van der Waals surface area contributed by atoms with E-state index in [4.69, 9.17) is 0 Å². The van der Waals surface area contributed by atoms with Crippen LogP contribution in [0.3, 0.4) is 0 Å². The van der Waals surface area contributed by atoms with Gasteiger partial charge in [0.15, 0.2) is 0 Å². The van der Waals surface area contributed by atoms with E-state index in [1.807, 2.05) is 48.5 Å². The quantitative estimate of drug-likeness (QED) is 0.852. The van der Waals surface area contributed by atoms with Crippen molar-refractivity contribution in [3.8, 4) is 0 Å². The minimum atomic E-state index is -3.35. The van der Waals surface area contributed by atoms with Gasteiger partial charge in [-0.15, -0.1) is 0 Å². The van der Waals surface area contributed by atoms with Crippen LogP contribution >= 0.6 is 0 Å². The molecule has 5 nitrogen and oxygen atoms in total. The van der Waals surface area contributed by atoms with E-state index in [1.165, 1.54) is 4.31 Å². The van der Waals surface area contributed by atoms with E-state index in [9.17, 15) is 13.2 Å². The molecule has 0 spiro atoms. The third-order valence-corrected chi connectivity index (χ3v) is 5.98. The Morgan fingerprint density at radius 3 is 1.96 bits per heavy atom. The van der Waals surface area contributed by atoms with E-state index in [0.717, 1.165) is 5.56 Å². The molecule has 0 bridgehead atoms. The Bertz CT molecular complexity index is 784. The Morgan fingerprint density at radius 2 is 1.38 bits per heavy atom. The van der Waals surface area contributed by atoms with Crippen LogP contribution in [0.5, 0.6) is 0 Å². The second-order valence-corrected chi connectivity index (χ2v) is 7.77. The monoisotopic (exact) mass is 344 g/mol. The van der Waals surface area contributed by atoms with Gasteiger partial charge in [-0.2, -0.15) is 4.31 Å². The van der Waals surface area contributed by atoms with Gasteiger partial charge < -0.3 is 4.90 Å². The summed E-state index contributed by atoms with van der Waals surface area (Å²) < 4.78 is 26.5. The summed E-state index contributed by atoms with van der Waals surface area (Å²) in [5.41, 5.74) is 1.42. The highest BCUT2D eigenvalue weighted by Gasteiger charge is 2.29. The number of piperazine rings is 1. The maximum Gasteiger partial charge on any atom is 0.253 e. The van der Waals surface area contributed by atoms with E-state index in [2.05, 4.69) is 0 Å². The molecule has 1 aliphatic rings. The van der Waals surface area contributed by atoms with Gasteiger partial charge >= 0.3 is 0 Å². The van der Waals surface area contributed by atoms with Crippen molar-refractivity contribution in [2.75, 3.05) is 26.2 Å². The van der Waals surface area contributed by atoms with Crippen LogP contribution < -0.4 is 0 Å². The topological polar surface area (TPSA) is 57.7 Å². The van der Waals surface area contributed by atoms with Crippen LogP contribution in [-0.4, -0.2) is 49.7 Å². The van der Waals surface area contributed by atoms with Crippen LogP contribution in [0, 0.1) is 0 Å². The molecule has 1 aliphatic heterocycles. The van der Waals surface area contributed by atoms with Crippen molar-refractivity contribution in [3.05, 3.63) is 71.8 Å². The van der Waals surface area contributed by atoms with Crippen LogP contribution in [0.1, 0.15) is 15.9 Å². The number of sulfonamides is 1. The van der Waals surface area contributed by atoms with Gasteiger partial charge in [0, 0.05) is 31.7 Å². The van der Waals surface area contributed by atoms with Crippen LogP contribution in [-0.2, 0) is 15.8 Å². The molecule has 2 aromatic carbocycles. The number of amides is 1. The zero-order chi connectivity index (χ0) is 17.0. The van der Waals surface area contributed by atoms with E-state index >= 15 is 0 Å². The lowest BCUT2D eigenvalue weighted by molar-refractivity contribution is 0.0698. The number of nitrogens with zero attached hydrogens (tertiary/aromatic N) is 2. The molecule has 0 saturated carbocycles. The Kier molecular flexibility index (Phi) is 4.97. The van der Waals surface area contributed by atoms with Crippen molar-refractivity contribution in [2.45, 2.75) is 5.75 Å². The fraction of sp³-hybridized carbons (Fsp3) is 0.278. The summed E-state index contributed by atoms with van der Waals surface area (Å²) in [5, 5.41) is 0. The summed E-state index contributed by atoms with van der Waals surface area (Å²) in [7, 11) is -3.35.